The second kappa shape index (κ2) is 9.07. The molecule has 0 aliphatic carbocycles. The summed E-state index contributed by atoms with van der Waals surface area (Å²) in [5, 5.41) is 3.91. The largest absolute Gasteiger partial charge is 0.493 e. The van der Waals surface area contributed by atoms with Gasteiger partial charge in [-0.3, -0.25) is 4.79 Å². The third-order valence-corrected chi connectivity index (χ3v) is 4.36. The Morgan fingerprint density at radius 1 is 1.22 bits per heavy atom. The molecule has 1 aliphatic heterocycles. The number of carbonyl (C=O) groups is 1. The van der Waals surface area contributed by atoms with Crippen molar-refractivity contribution in [3.05, 3.63) is 53.6 Å². The number of methoxy groups -OCH3 is 1. The van der Waals surface area contributed by atoms with E-state index in [0.29, 0.717) is 24.7 Å². The molecule has 1 heterocycles. The summed E-state index contributed by atoms with van der Waals surface area (Å²) >= 11 is 0. The minimum absolute atomic E-state index is 0.0939. The van der Waals surface area contributed by atoms with Gasteiger partial charge in [0.05, 0.1) is 19.9 Å². The van der Waals surface area contributed by atoms with Crippen LogP contribution in [-0.4, -0.2) is 39.0 Å². The third-order valence-electron chi connectivity index (χ3n) is 4.36. The molecule has 27 heavy (non-hydrogen) atoms. The van der Waals surface area contributed by atoms with E-state index < -0.39 is 0 Å². The van der Waals surface area contributed by atoms with Crippen molar-refractivity contribution in [2.75, 3.05) is 31.8 Å². The Kier molecular flexibility index (Phi) is 6.30. The van der Waals surface area contributed by atoms with Crippen LogP contribution in [0, 0.1) is 0 Å². The van der Waals surface area contributed by atoms with Crippen molar-refractivity contribution < 1.29 is 19.1 Å². The maximum absolute atomic E-state index is 12.5. The molecule has 1 amide bonds. The molecule has 0 aromatic heterocycles. The van der Waals surface area contributed by atoms with Crippen molar-refractivity contribution >= 4 is 17.8 Å². The number of nitrogens with zero attached hydrogens (tertiary/aromatic N) is 2. The van der Waals surface area contributed by atoms with Crippen molar-refractivity contribution in [3.8, 4) is 11.5 Å². The van der Waals surface area contributed by atoms with Crippen LogP contribution in [0.2, 0.25) is 0 Å². The molecule has 0 saturated heterocycles. The normalized spacial score (nSPS) is 13.3. The molecule has 0 radical (unpaired) electrons. The van der Waals surface area contributed by atoms with E-state index in [1.807, 2.05) is 37.3 Å². The minimum atomic E-state index is -0.0982. The number of oxime groups is 1. The van der Waals surface area contributed by atoms with Crippen LogP contribution in [-0.2, 0) is 16.1 Å². The average molecular weight is 368 g/mol. The monoisotopic (exact) mass is 368 g/mol. The Labute approximate surface area is 159 Å². The molecule has 0 spiro atoms. The molecule has 142 valence electrons. The molecule has 6 heteroatoms. The van der Waals surface area contributed by atoms with Crippen molar-refractivity contribution in [2.24, 2.45) is 5.16 Å². The van der Waals surface area contributed by atoms with E-state index in [2.05, 4.69) is 11.2 Å². The second-order valence-electron chi connectivity index (χ2n) is 6.13. The van der Waals surface area contributed by atoms with Crippen LogP contribution in [0.4, 0.5) is 5.69 Å². The zero-order valence-corrected chi connectivity index (χ0v) is 15.7. The summed E-state index contributed by atoms with van der Waals surface area (Å²) in [7, 11) is 1.59. The van der Waals surface area contributed by atoms with E-state index in [4.69, 9.17) is 14.3 Å². The molecular formula is C21H24N2O4. The lowest BCUT2D eigenvalue weighted by Gasteiger charge is -2.28. The van der Waals surface area contributed by atoms with Crippen LogP contribution in [0.5, 0.6) is 11.5 Å². The van der Waals surface area contributed by atoms with Crippen molar-refractivity contribution in [1.82, 2.24) is 0 Å². The highest BCUT2D eigenvalue weighted by Crippen LogP contribution is 2.28. The molecule has 0 bridgehead atoms. The Hall–Kier alpha value is -3.02. The van der Waals surface area contributed by atoms with Crippen molar-refractivity contribution in [1.29, 1.82) is 0 Å². The first kappa shape index (κ1) is 18.8. The number of fused-ring (bicyclic) bond motifs is 1. The molecule has 3 rings (SSSR count). The van der Waals surface area contributed by atoms with E-state index in [1.165, 1.54) is 5.56 Å². The highest BCUT2D eigenvalue weighted by atomic mass is 16.6. The number of para-hydroxylation sites is 1. The number of rotatable bonds is 7. The van der Waals surface area contributed by atoms with Gasteiger partial charge in [0.2, 0.25) is 0 Å². The number of ether oxygens (including phenoxy) is 2. The van der Waals surface area contributed by atoms with Crippen LogP contribution in [0.15, 0.2) is 47.6 Å². The van der Waals surface area contributed by atoms with Crippen LogP contribution < -0.4 is 14.4 Å². The van der Waals surface area contributed by atoms with E-state index in [0.717, 1.165) is 24.1 Å². The topological polar surface area (TPSA) is 60.4 Å². The standard InChI is InChI=1S/C21H24N2O4/c1-3-26-19-11-10-16(13-20(19)25-2)14-22-27-15-21(24)23-12-6-8-17-7-4-5-9-18(17)23/h4-5,7,9-11,13-14H,3,6,8,12,15H2,1-2H3/b22-14-. The first-order valence-electron chi connectivity index (χ1n) is 9.07. The number of aryl methyl sites for hydroxylation is 1. The Balaban J connectivity index is 1.58. The summed E-state index contributed by atoms with van der Waals surface area (Å²) in [6.07, 6.45) is 3.51. The fourth-order valence-electron chi connectivity index (χ4n) is 3.10. The number of benzene rings is 2. The summed E-state index contributed by atoms with van der Waals surface area (Å²) in [5.41, 5.74) is 2.96. The van der Waals surface area contributed by atoms with Crippen molar-refractivity contribution in [2.45, 2.75) is 19.8 Å². The van der Waals surface area contributed by atoms with E-state index in [1.54, 1.807) is 24.3 Å². The average Bonchev–Trinajstić information content (AvgIpc) is 2.71. The SMILES string of the molecule is CCOc1ccc(/C=N\OCC(=O)N2CCCc3ccccc32)cc1OC. The maximum Gasteiger partial charge on any atom is 0.267 e. The van der Waals surface area contributed by atoms with Gasteiger partial charge in [-0.1, -0.05) is 23.4 Å². The van der Waals surface area contributed by atoms with Gasteiger partial charge in [-0.2, -0.15) is 0 Å². The van der Waals surface area contributed by atoms with Gasteiger partial charge in [0, 0.05) is 17.8 Å². The lowest BCUT2D eigenvalue weighted by atomic mass is 10.0. The van der Waals surface area contributed by atoms with Gasteiger partial charge in [0.25, 0.3) is 5.91 Å². The van der Waals surface area contributed by atoms with E-state index in [-0.39, 0.29) is 12.5 Å². The quantitative estimate of drug-likeness (QED) is 0.555. The first-order valence-corrected chi connectivity index (χ1v) is 9.07. The molecule has 0 N–H and O–H groups in total. The van der Waals surface area contributed by atoms with Gasteiger partial charge < -0.3 is 19.2 Å². The second-order valence-corrected chi connectivity index (χ2v) is 6.13. The Bertz CT molecular complexity index is 820. The molecule has 0 unspecified atom stereocenters. The van der Waals surface area contributed by atoms with Crippen molar-refractivity contribution in [3.63, 3.8) is 0 Å². The molecule has 2 aromatic carbocycles. The van der Waals surface area contributed by atoms with E-state index >= 15 is 0 Å². The molecular weight excluding hydrogens is 344 g/mol. The summed E-state index contributed by atoms with van der Waals surface area (Å²) in [6.45, 7) is 3.09. The number of hydrogen-bond donors (Lipinski definition) is 0. The zero-order chi connectivity index (χ0) is 19.1. The smallest absolute Gasteiger partial charge is 0.267 e. The number of carbonyl (C=O) groups excluding carboxylic acids is 1. The lowest BCUT2D eigenvalue weighted by molar-refractivity contribution is -0.123. The lowest BCUT2D eigenvalue weighted by Crippen LogP contribution is -2.37. The Morgan fingerprint density at radius 2 is 2.07 bits per heavy atom. The fourth-order valence-corrected chi connectivity index (χ4v) is 3.10. The van der Waals surface area contributed by atoms with Gasteiger partial charge in [-0.25, -0.2) is 0 Å². The summed E-state index contributed by atoms with van der Waals surface area (Å²) < 4.78 is 10.8. The fraction of sp³-hybridized carbons (Fsp3) is 0.333. The van der Waals surface area contributed by atoms with Crippen LogP contribution in [0.25, 0.3) is 0 Å². The number of anilines is 1. The van der Waals surface area contributed by atoms with Crippen LogP contribution >= 0.6 is 0 Å². The third kappa shape index (κ3) is 4.58. The van der Waals surface area contributed by atoms with Gasteiger partial charge in [0.1, 0.15) is 0 Å². The highest BCUT2D eigenvalue weighted by molar-refractivity contribution is 5.95. The molecule has 0 atom stereocenters. The first-order chi connectivity index (χ1) is 13.2. The van der Waals surface area contributed by atoms with Gasteiger partial charge in [-0.05, 0) is 49.6 Å². The predicted octanol–water partition coefficient (Wildman–Crippen LogP) is 3.42. The summed E-state index contributed by atoms with van der Waals surface area (Å²) in [5.74, 6) is 1.21. The molecule has 6 nitrogen and oxygen atoms in total. The molecule has 0 fully saturated rings. The van der Waals surface area contributed by atoms with Gasteiger partial charge >= 0.3 is 0 Å². The van der Waals surface area contributed by atoms with E-state index in [9.17, 15) is 4.79 Å². The zero-order valence-electron chi connectivity index (χ0n) is 15.7. The molecule has 0 saturated carbocycles. The number of hydrogen-bond acceptors (Lipinski definition) is 5. The molecule has 1 aliphatic rings. The van der Waals surface area contributed by atoms with Gasteiger partial charge in [-0.15, -0.1) is 0 Å². The predicted molar refractivity (Wildman–Crippen MR) is 105 cm³/mol. The van der Waals surface area contributed by atoms with Gasteiger partial charge in [0.15, 0.2) is 18.1 Å². The molecule has 2 aromatic rings. The summed E-state index contributed by atoms with van der Waals surface area (Å²) in [4.78, 5) is 19.5. The number of amides is 1. The van der Waals surface area contributed by atoms with Crippen LogP contribution in [0.1, 0.15) is 24.5 Å². The highest BCUT2D eigenvalue weighted by Gasteiger charge is 2.22. The Morgan fingerprint density at radius 3 is 2.89 bits per heavy atom. The maximum atomic E-state index is 12.5. The minimum Gasteiger partial charge on any atom is -0.493 e. The summed E-state index contributed by atoms with van der Waals surface area (Å²) in [6, 6.07) is 13.5. The van der Waals surface area contributed by atoms with Crippen LogP contribution in [0.3, 0.4) is 0 Å².